The lowest BCUT2D eigenvalue weighted by Crippen LogP contribution is -2.07. The third-order valence-electron chi connectivity index (χ3n) is 3.84. The Morgan fingerprint density at radius 2 is 1.23 bits per heavy atom. The predicted molar refractivity (Wildman–Crippen MR) is 88.4 cm³/mol. The van der Waals surface area contributed by atoms with Crippen molar-refractivity contribution in [1.29, 1.82) is 0 Å². The molecule has 0 saturated heterocycles. The van der Waals surface area contributed by atoms with E-state index in [4.69, 9.17) is 4.74 Å². The molecule has 0 aromatic heterocycles. The van der Waals surface area contributed by atoms with Gasteiger partial charge in [-0.2, -0.15) is 0 Å². The molecule has 0 unspecified atom stereocenters. The van der Waals surface area contributed by atoms with Gasteiger partial charge < -0.3 is 9.47 Å². The lowest BCUT2D eigenvalue weighted by atomic mass is 10.0. The average molecular weight is 314 g/mol. The third kappa shape index (κ3) is 17.0. The van der Waals surface area contributed by atoms with Crippen molar-refractivity contribution < 1.29 is 19.1 Å². The number of hydrogen-bond donors (Lipinski definition) is 0. The first-order valence-electron chi connectivity index (χ1n) is 9.02. The van der Waals surface area contributed by atoms with E-state index in [1.54, 1.807) is 0 Å². The van der Waals surface area contributed by atoms with Gasteiger partial charge in [0.1, 0.15) is 0 Å². The number of esters is 1. The van der Waals surface area contributed by atoms with Gasteiger partial charge in [-0.3, -0.25) is 9.59 Å². The van der Waals surface area contributed by atoms with Crippen LogP contribution in [0.3, 0.4) is 0 Å². The number of hydrogen-bond acceptors (Lipinski definition) is 4. The van der Waals surface area contributed by atoms with Crippen LogP contribution in [-0.4, -0.2) is 19.2 Å². The summed E-state index contributed by atoms with van der Waals surface area (Å²) in [4.78, 5) is 21.1. The van der Waals surface area contributed by atoms with Crippen LogP contribution in [0.5, 0.6) is 0 Å². The standard InChI is InChI=1S/C18H34O4/c1-2-3-4-5-6-7-8-9-10-11-12-13-14-15-18(20)22-17-21-16-19/h16H,2-15,17H2,1H3. The van der Waals surface area contributed by atoms with E-state index in [2.05, 4.69) is 11.7 Å². The molecule has 0 rings (SSSR count). The van der Waals surface area contributed by atoms with Crippen LogP contribution in [0.1, 0.15) is 96.8 Å². The molecule has 4 nitrogen and oxygen atoms in total. The summed E-state index contributed by atoms with van der Waals surface area (Å²) in [5, 5.41) is 0. The maximum Gasteiger partial charge on any atom is 0.308 e. The van der Waals surface area contributed by atoms with Crippen molar-refractivity contribution in [2.75, 3.05) is 6.79 Å². The minimum absolute atomic E-state index is 0.263. The second-order valence-electron chi connectivity index (χ2n) is 5.89. The van der Waals surface area contributed by atoms with Crippen molar-refractivity contribution in [3.05, 3.63) is 0 Å². The van der Waals surface area contributed by atoms with Gasteiger partial charge in [0, 0.05) is 6.42 Å². The number of ether oxygens (including phenoxy) is 2. The molecule has 0 fully saturated rings. The fourth-order valence-electron chi connectivity index (χ4n) is 2.49. The second-order valence-corrected chi connectivity index (χ2v) is 5.89. The summed E-state index contributed by atoms with van der Waals surface area (Å²) >= 11 is 0. The minimum atomic E-state index is -0.287. The Balaban J connectivity index is 3.08. The molecule has 130 valence electrons. The SMILES string of the molecule is CCCCCCCCCCCCCCCC(=O)OCOC=O. The number of rotatable bonds is 17. The highest BCUT2D eigenvalue weighted by Gasteiger charge is 2.02. The van der Waals surface area contributed by atoms with Gasteiger partial charge in [-0.1, -0.05) is 84.0 Å². The Hall–Kier alpha value is -1.06. The van der Waals surface area contributed by atoms with Crippen molar-refractivity contribution in [2.24, 2.45) is 0 Å². The van der Waals surface area contributed by atoms with E-state index in [-0.39, 0.29) is 19.2 Å². The Labute approximate surface area is 135 Å². The first kappa shape index (κ1) is 20.9. The molecule has 0 aliphatic rings. The second kappa shape index (κ2) is 18.0. The van der Waals surface area contributed by atoms with Gasteiger partial charge in [-0.05, 0) is 6.42 Å². The number of carbonyl (C=O) groups is 2. The summed E-state index contributed by atoms with van der Waals surface area (Å²) in [6, 6.07) is 0. The van der Waals surface area contributed by atoms with Gasteiger partial charge in [-0.15, -0.1) is 0 Å². The monoisotopic (exact) mass is 314 g/mol. The topological polar surface area (TPSA) is 52.6 Å². The zero-order valence-electron chi connectivity index (χ0n) is 14.3. The largest absolute Gasteiger partial charge is 0.430 e. The van der Waals surface area contributed by atoms with Gasteiger partial charge >= 0.3 is 5.97 Å². The van der Waals surface area contributed by atoms with Gasteiger partial charge in [-0.25, -0.2) is 0 Å². The van der Waals surface area contributed by atoms with E-state index in [1.165, 1.54) is 70.6 Å². The van der Waals surface area contributed by atoms with E-state index in [9.17, 15) is 9.59 Å². The average Bonchev–Trinajstić information content (AvgIpc) is 2.52. The quantitative estimate of drug-likeness (QED) is 0.161. The molecule has 0 heterocycles. The molecule has 0 aliphatic heterocycles. The van der Waals surface area contributed by atoms with Crippen molar-refractivity contribution >= 4 is 12.4 Å². The summed E-state index contributed by atoms with van der Waals surface area (Å²) in [7, 11) is 0. The van der Waals surface area contributed by atoms with Crippen LogP contribution >= 0.6 is 0 Å². The molecule has 0 saturated carbocycles. The first-order valence-corrected chi connectivity index (χ1v) is 9.02. The third-order valence-corrected chi connectivity index (χ3v) is 3.84. The summed E-state index contributed by atoms with van der Waals surface area (Å²) in [6.45, 7) is 2.27. The molecule has 0 amide bonds. The molecule has 0 aromatic carbocycles. The number of unbranched alkanes of at least 4 members (excludes halogenated alkanes) is 12. The predicted octanol–water partition coefficient (Wildman–Crippen LogP) is 5.14. The molecular formula is C18H34O4. The van der Waals surface area contributed by atoms with Crippen LogP contribution in [0.25, 0.3) is 0 Å². The maximum atomic E-state index is 11.2. The molecule has 0 bridgehead atoms. The van der Waals surface area contributed by atoms with Gasteiger partial charge in [0.25, 0.3) is 6.47 Å². The van der Waals surface area contributed by atoms with E-state index >= 15 is 0 Å². The normalized spacial score (nSPS) is 10.4. The zero-order valence-corrected chi connectivity index (χ0v) is 14.3. The smallest absolute Gasteiger partial charge is 0.308 e. The van der Waals surface area contributed by atoms with Crippen molar-refractivity contribution in [3.63, 3.8) is 0 Å². The summed E-state index contributed by atoms with van der Waals surface area (Å²) in [6.07, 6.45) is 17.1. The molecular weight excluding hydrogens is 280 g/mol. The Kier molecular flexibility index (Phi) is 17.1. The highest BCUT2D eigenvalue weighted by atomic mass is 16.7. The van der Waals surface area contributed by atoms with E-state index < -0.39 is 0 Å². The molecule has 0 aliphatic carbocycles. The highest BCUT2D eigenvalue weighted by molar-refractivity contribution is 5.69. The first-order chi connectivity index (χ1) is 10.8. The van der Waals surface area contributed by atoms with E-state index in [1.807, 2.05) is 0 Å². The lowest BCUT2D eigenvalue weighted by molar-refractivity contribution is -0.160. The molecule has 0 N–H and O–H groups in total. The lowest BCUT2D eigenvalue weighted by Gasteiger charge is -2.04. The fourth-order valence-corrected chi connectivity index (χ4v) is 2.49. The molecule has 0 radical (unpaired) electrons. The molecule has 4 heteroatoms. The van der Waals surface area contributed by atoms with Crippen LogP contribution in [0.15, 0.2) is 0 Å². The Bertz CT molecular complexity index is 253. The summed E-state index contributed by atoms with van der Waals surface area (Å²) in [5.41, 5.74) is 0. The van der Waals surface area contributed by atoms with E-state index in [0.29, 0.717) is 6.42 Å². The Morgan fingerprint density at radius 1 is 0.773 bits per heavy atom. The van der Waals surface area contributed by atoms with Crippen LogP contribution in [0.4, 0.5) is 0 Å². The fraction of sp³-hybridized carbons (Fsp3) is 0.889. The van der Waals surface area contributed by atoms with E-state index in [0.717, 1.165) is 12.8 Å². The Morgan fingerprint density at radius 3 is 1.68 bits per heavy atom. The van der Waals surface area contributed by atoms with Crippen LogP contribution in [0.2, 0.25) is 0 Å². The molecule has 0 spiro atoms. The molecule has 0 aromatic rings. The van der Waals surface area contributed by atoms with Gasteiger partial charge in [0.05, 0.1) is 0 Å². The molecule has 0 atom stereocenters. The molecule has 22 heavy (non-hydrogen) atoms. The zero-order chi connectivity index (χ0) is 16.3. The van der Waals surface area contributed by atoms with Crippen LogP contribution in [-0.2, 0) is 19.1 Å². The summed E-state index contributed by atoms with van der Waals surface area (Å²) in [5.74, 6) is -0.287. The van der Waals surface area contributed by atoms with Gasteiger partial charge in [0.2, 0.25) is 6.79 Å². The van der Waals surface area contributed by atoms with Crippen LogP contribution < -0.4 is 0 Å². The van der Waals surface area contributed by atoms with Crippen molar-refractivity contribution in [2.45, 2.75) is 96.8 Å². The highest BCUT2D eigenvalue weighted by Crippen LogP contribution is 2.13. The maximum absolute atomic E-state index is 11.2. The van der Waals surface area contributed by atoms with Crippen LogP contribution in [0, 0.1) is 0 Å². The van der Waals surface area contributed by atoms with Crippen molar-refractivity contribution in [1.82, 2.24) is 0 Å². The summed E-state index contributed by atoms with van der Waals surface area (Å²) < 4.78 is 9.00. The number of carbonyl (C=O) groups excluding carboxylic acids is 2. The minimum Gasteiger partial charge on any atom is -0.430 e. The van der Waals surface area contributed by atoms with Crippen molar-refractivity contribution in [3.8, 4) is 0 Å². The van der Waals surface area contributed by atoms with Gasteiger partial charge in [0.15, 0.2) is 0 Å².